The lowest BCUT2D eigenvalue weighted by Gasteiger charge is -2.17. The highest BCUT2D eigenvalue weighted by molar-refractivity contribution is 5.89. The van der Waals surface area contributed by atoms with E-state index in [1.807, 2.05) is 0 Å². The van der Waals surface area contributed by atoms with Gasteiger partial charge in [-0.05, 0) is 12.1 Å². The van der Waals surface area contributed by atoms with Gasteiger partial charge in [0.1, 0.15) is 6.61 Å². The van der Waals surface area contributed by atoms with E-state index in [1.165, 1.54) is 7.11 Å². The summed E-state index contributed by atoms with van der Waals surface area (Å²) in [7, 11) is 1.29. The largest absolute Gasteiger partial charge is 0.459 e. The van der Waals surface area contributed by atoms with Gasteiger partial charge in [0.2, 0.25) is 0 Å². The molecule has 0 radical (unpaired) electrons. The lowest BCUT2D eigenvalue weighted by Crippen LogP contribution is -2.33. The summed E-state index contributed by atoms with van der Waals surface area (Å²) >= 11 is 0. The standard InChI is InChI=1S/C13H14F2O4/c1-17-11-7-13(14,15)10(19-11)8-18-12(16)9-5-3-2-4-6-9/h2-6,10-11H,7-8H2,1H3/t10-,11-/m0/s1. The van der Waals surface area contributed by atoms with E-state index in [0.29, 0.717) is 5.56 Å². The lowest BCUT2D eigenvalue weighted by molar-refractivity contribution is -0.142. The molecule has 1 aromatic rings. The normalized spacial score (nSPS) is 25.2. The van der Waals surface area contributed by atoms with Gasteiger partial charge in [-0.25, -0.2) is 13.6 Å². The number of ether oxygens (including phenoxy) is 3. The molecule has 0 spiro atoms. The molecule has 0 aromatic heterocycles. The third-order valence-electron chi connectivity index (χ3n) is 2.86. The van der Waals surface area contributed by atoms with Gasteiger partial charge >= 0.3 is 5.97 Å². The second-order valence-corrected chi connectivity index (χ2v) is 4.22. The van der Waals surface area contributed by atoms with Crippen molar-refractivity contribution in [2.24, 2.45) is 0 Å². The molecule has 0 bridgehead atoms. The van der Waals surface area contributed by atoms with Gasteiger partial charge in [0.25, 0.3) is 5.92 Å². The van der Waals surface area contributed by atoms with Crippen molar-refractivity contribution in [3.8, 4) is 0 Å². The molecule has 1 heterocycles. The molecule has 0 amide bonds. The van der Waals surface area contributed by atoms with Gasteiger partial charge in [0.05, 0.1) is 12.0 Å². The van der Waals surface area contributed by atoms with Crippen molar-refractivity contribution >= 4 is 5.97 Å². The van der Waals surface area contributed by atoms with Gasteiger partial charge in [0.15, 0.2) is 12.4 Å². The van der Waals surface area contributed by atoms with E-state index < -0.39 is 37.3 Å². The summed E-state index contributed by atoms with van der Waals surface area (Å²) in [5, 5.41) is 0. The molecule has 0 N–H and O–H groups in total. The number of hydrogen-bond acceptors (Lipinski definition) is 4. The maximum Gasteiger partial charge on any atom is 0.338 e. The number of halogens is 2. The summed E-state index contributed by atoms with van der Waals surface area (Å²) in [6.45, 7) is -0.499. The van der Waals surface area contributed by atoms with Crippen LogP contribution in [0.3, 0.4) is 0 Å². The van der Waals surface area contributed by atoms with Crippen molar-refractivity contribution in [3.05, 3.63) is 35.9 Å². The van der Waals surface area contributed by atoms with Crippen LogP contribution in [0.25, 0.3) is 0 Å². The Morgan fingerprint density at radius 2 is 2.11 bits per heavy atom. The fourth-order valence-corrected chi connectivity index (χ4v) is 1.79. The first kappa shape index (κ1) is 13.9. The Kier molecular flexibility index (Phi) is 4.11. The van der Waals surface area contributed by atoms with Crippen molar-refractivity contribution in [3.63, 3.8) is 0 Å². The molecule has 19 heavy (non-hydrogen) atoms. The highest BCUT2D eigenvalue weighted by atomic mass is 19.3. The summed E-state index contributed by atoms with van der Waals surface area (Å²) in [6, 6.07) is 8.17. The van der Waals surface area contributed by atoms with Crippen molar-refractivity contribution in [1.82, 2.24) is 0 Å². The summed E-state index contributed by atoms with van der Waals surface area (Å²) in [5.41, 5.74) is 0.312. The van der Waals surface area contributed by atoms with Gasteiger partial charge in [-0.2, -0.15) is 0 Å². The summed E-state index contributed by atoms with van der Waals surface area (Å²) in [6.07, 6.45) is -2.96. The smallest absolute Gasteiger partial charge is 0.338 e. The van der Waals surface area contributed by atoms with Crippen molar-refractivity contribution < 1.29 is 27.8 Å². The summed E-state index contributed by atoms with van der Waals surface area (Å²) < 4.78 is 41.5. The van der Waals surface area contributed by atoms with Gasteiger partial charge in [-0.1, -0.05) is 18.2 Å². The highest BCUT2D eigenvalue weighted by Gasteiger charge is 2.51. The molecule has 2 atom stereocenters. The van der Waals surface area contributed by atoms with Gasteiger partial charge in [-0.3, -0.25) is 0 Å². The van der Waals surface area contributed by atoms with Crippen LogP contribution in [0.5, 0.6) is 0 Å². The maximum absolute atomic E-state index is 13.5. The summed E-state index contributed by atoms with van der Waals surface area (Å²) in [4.78, 5) is 11.6. The zero-order chi connectivity index (χ0) is 13.9. The molecular weight excluding hydrogens is 258 g/mol. The van der Waals surface area contributed by atoms with E-state index in [2.05, 4.69) is 0 Å². The van der Waals surface area contributed by atoms with E-state index in [4.69, 9.17) is 14.2 Å². The predicted molar refractivity (Wildman–Crippen MR) is 62.0 cm³/mol. The zero-order valence-corrected chi connectivity index (χ0v) is 10.3. The van der Waals surface area contributed by atoms with Crippen LogP contribution in [0.4, 0.5) is 8.78 Å². The monoisotopic (exact) mass is 272 g/mol. The Balaban J connectivity index is 1.91. The molecule has 4 nitrogen and oxygen atoms in total. The first-order chi connectivity index (χ1) is 9.03. The Bertz CT molecular complexity index is 436. The predicted octanol–water partition coefficient (Wildman–Crippen LogP) is 2.24. The SMILES string of the molecule is CO[C@@H]1CC(F)(F)[C@H](COC(=O)c2ccccc2)O1. The molecule has 104 valence electrons. The van der Waals surface area contributed by atoms with Gasteiger partial charge in [0, 0.05) is 7.11 Å². The van der Waals surface area contributed by atoms with Crippen LogP contribution in [0.2, 0.25) is 0 Å². The van der Waals surface area contributed by atoms with E-state index in [1.54, 1.807) is 30.3 Å². The van der Waals surface area contributed by atoms with Crippen LogP contribution >= 0.6 is 0 Å². The lowest BCUT2D eigenvalue weighted by atomic mass is 10.2. The van der Waals surface area contributed by atoms with Crippen molar-refractivity contribution in [2.45, 2.75) is 24.7 Å². The molecule has 1 aromatic carbocycles. The number of esters is 1. The second-order valence-electron chi connectivity index (χ2n) is 4.22. The maximum atomic E-state index is 13.5. The van der Waals surface area contributed by atoms with Crippen LogP contribution in [-0.4, -0.2) is 38.0 Å². The average molecular weight is 272 g/mol. The molecule has 1 aliphatic rings. The third-order valence-corrected chi connectivity index (χ3v) is 2.86. The first-order valence-corrected chi connectivity index (χ1v) is 5.81. The van der Waals surface area contributed by atoms with E-state index in [-0.39, 0.29) is 0 Å². The Hall–Kier alpha value is -1.53. The Morgan fingerprint density at radius 1 is 1.42 bits per heavy atom. The topological polar surface area (TPSA) is 44.8 Å². The molecule has 6 heteroatoms. The van der Waals surface area contributed by atoms with Crippen LogP contribution in [0.1, 0.15) is 16.8 Å². The Morgan fingerprint density at radius 3 is 2.68 bits per heavy atom. The van der Waals surface area contributed by atoms with Crippen molar-refractivity contribution in [2.75, 3.05) is 13.7 Å². The molecule has 0 saturated carbocycles. The van der Waals surface area contributed by atoms with Crippen molar-refractivity contribution in [1.29, 1.82) is 0 Å². The Labute approximate surface area is 109 Å². The minimum atomic E-state index is -3.06. The first-order valence-electron chi connectivity index (χ1n) is 5.81. The molecule has 1 saturated heterocycles. The fraction of sp³-hybridized carbons (Fsp3) is 0.462. The molecule has 1 fully saturated rings. The quantitative estimate of drug-likeness (QED) is 0.788. The number of methoxy groups -OCH3 is 1. The van der Waals surface area contributed by atoms with Crippen LogP contribution in [0, 0.1) is 0 Å². The van der Waals surface area contributed by atoms with Gasteiger partial charge < -0.3 is 14.2 Å². The summed E-state index contributed by atoms with van der Waals surface area (Å²) in [5.74, 6) is -3.71. The number of alkyl halides is 2. The minimum absolute atomic E-state index is 0.312. The van der Waals surface area contributed by atoms with Crippen LogP contribution < -0.4 is 0 Å². The minimum Gasteiger partial charge on any atom is -0.459 e. The number of hydrogen-bond donors (Lipinski definition) is 0. The molecule has 1 aliphatic heterocycles. The van der Waals surface area contributed by atoms with Crippen LogP contribution in [-0.2, 0) is 14.2 Å². The average Bonchev–Trinajstić information content (AvgIpc) is 2.71. The molecule has 0 unspecified atom stereocenters. The number of carbonyl (C=O) groups excluding carboxylic acids is 1. The second kappa shape index (κ2) is 5.63. The number of benzene rings is 1. The van der Waals surface area contributed by atoms with E-state index >= 15 is 0 Å². The van der Waals surface area contributed by atoms with Crippen LogP contribution in [0.15, 0.2) is 30.3 Å². The molecule has 2 rings (SSSR count). The van der Waals surface area contributed by atoms with E-state index in [9.17, 15) is 13.6 Å². The molecular formula is C13H14F2O4. The number of carbonyl (C=O) groups is 1. The van der Waals surface area contributed by atoms with Gasteiger partial charge in [-0.15, -0.1) is 0 Å². The number of rotatable bonds is 4. The fourth-order valence-electron chi connectivity index (χ4n) is 1.79. The van der Waals surface area contributed by atoms with E-state index in [0.717, 1.165) is 0 Å². The highest BCUT2D eigenvalue weighted by Crippen LogP contribution is 2.36. The third kappa shape index (κ3) is 3.27. The zero-order valence-electron chi connectivity index (χ0n) is 10.3. The molecule has 0 aliphatic carbocycles.